The number of benzene rings is 1. The number of nitrogens with zero attached hydrogens (tertiary/aromatic N) is 1. The van der Waals surface area contributed by atoms with Gasteiger partial charge in [-0.25, -0.2) is 0 Å². The van der Waals surface area contributed by atoms with Crippen molar-refractivity contribution in [1.29, 1.82) is 0 Å². The maximum absolute atomic E-state index is 12.7. The van der Waals surface area contributed by atoms with Gasteiger partial charge in [-0.2, -0.15) is 0 Å². The van der Waals surface area contributed by atoms with Crippen LogP contribution in [0.5, 0.6) is 11.5 Å². The molecule has 1 aliphatic heterocycles. The highest BCUT2D eigenvalue weighted by Gasteiger charge is 2.25. The van der Waals surface area contributed by atoms with Crippen LogP contribution in [-0.4, -0.2) is 50.3 Å². The Morgan fingerprint density at radius 2 is 2.26 bits per heavy atom. The van der Waals surface area contributed by atoms with E-state index in [4.69, 9.17) is 14.2 Å². The van der Waals surface area contributed by atoms with E-state index in [1.165, 1.54) is 0 Å². The molecule has 0 aliphatic carbocycles. The largest absolute Gasteiger partial charge is 0.493 e. The highest BCUT2D eigenvalue weighted by Crippen LogP contribution is 2.29. The molecule has 1 N–H and O–H groups in total. The minimum atomic E-state index is -0.269. The van der Waals surface area contributed by atoms with E-state index in [-0.39, 0.29) is 11.9 Å². The fraction of sp³-hybridized carbons (Fsp3) is 0.450. The summed E-state index contributed by atoms with van der Waals surface area (Å²) in [6.07, 6.45) is 0. The number of rotatable bonds is 8. The molecule has 1 unspecified atom stereocenters. The van der Waals surface area contributed by atoms with Gasteiger partial charge in [0.1, 0.15) is 12.6 Å². The van der Waals surface area contributed by atoms with Crippen molar-refractivity contribution in [3.63, 3.8) is 0 Å². The van der Waals surface area contributed by atoms with Gasteiger partial charge < -0.3 is 24.4 Å². The fourth-order valence-electron chi connectivity index (χ4n) is 2.98. The Morgan fingerprint density at radius 3 is 2.93 bits per heavy atom. The molecule has 1 saturated heterocycles. The van der Waals surface area contributed by atoms with Crippen LogP contribution in [0.1, 0.15) is 17.4 Å². The fourth-order valence-corrected chi connectivity index (χ4v) is 3.60. The average molecular weight is 391 g/mol. The molecule has 7 heteroatoms. The molecular formula is C20H26N2O4S. The summed E-state index contributed by atoms with van der Waals surface area (Å²) in [6.45, 7) is 5.44. The van der Waals surface area contributed by atoms with Crippen LogP contribution in [0.4, 0.5) is 0 Å². The number of amides is 1. The van der Waals surface area contributed by atoms with Crippen molar-refractivity contribution in [2.24, 2.45) is 0 Å². The number of thiophene rings is 1. The number of nitrogens with one attached hydrogen (secondary N) is 1. The van der Waals surface area contributed by atoms with E-state index in [1.54, 1.807) is 18.4 Å². The lowest BCUT2D eigenvalue weighted by molar-refractivity contribution is -0.136. The lowest BCUT2D eigenvalue weighted by Gasteiger charge is -2.29. The molecule has 1 atom stereocenters. The highest BCUT2D eigenvalue weighted by molar-refractivity contribution is 7.09. The lowest BCUT2D eigenvalue weighted by Crippen LogP contribution is -2.52. The zero-order chi connectivity index (χ0) is 19.1. The highest BCUT2D eigenvalue weighted by atomic mass is 32.1. The average Bonchev–Trinajstić information content (AvgIpc) is 3.24. The van der Waals surface area contributed by atoms with Crippen molar-refractivity contribution >= 4 is 17.2 Å². The van der Waals surface area contributed by atoms with E-state index in [2.05, 4.69) is 5.32 Å². The van der Waals surface area contributed by atoms with Crippen LogP contribution in [0, 0.1) is 0 Å². The van der Waals surface area contributed by atoms with Crippen LogP contribution in [0.3, 0.4) is 0 Å². The normalized spacial score (nSPS) is 16.7. The first kappa shape index (κ1) is 19.7. The third kappa shape index (κ3) is 5.22. The van der Waals surface area contributed by atoms with E-state index >= 15 is 0 Å². The smallest absolute Gasteiger partial charge is 0.242 e. The third-order valence-electron chi connectivity index (χ3n) is 4.46. The molecule has 0 bridgehead atoms. The molecule has 1 fully saturated rings. The second-order valence-electron chi connectivity index (χ2n) is 6.29. The predicted octanol–water partition coefficient (Wildman–Crippen LogP) is 2.67. The number of hydrogen-bond acceptors (Lipinski definition) is 6. The molecule has 3 rings (SSSR count). The molecule has 0 radical (unpaired) electrons. The van der Waals surface area contributed by atoms with Gasteiger partial charge in [-0.05, 0) is 36.1 Å². The second-order valence-corrected chi connectivity index (χ2v) is 7.32. The summed E-state index contributed by atoms with van der Waals surface area (Å²) < 4.78 is 16.8. The van der Waals surface area contributed by atoms with Gasteiger partial charge in [-0.15, -0.1) is 11.3 Å². The van der Waals surface area contributed by atoms with E-state index in [0.717, 1.165) is 10.4 Å². The number of ether oxygens (including phenoxy) is 3. The van der Waals surface area contributed by atoms with E-state index in [0.29, 0.717) is 51.0 Å². The number of carbonyl (C=O) groups is 1. The molecule has 0 saturated carbocycles. The SMILES string of the molecule is CCN(Cc1ccc(OCc2cccs2)c(OC)c1)C(=O)C1COCCN1. The van der Waals surface area contributed by atoms with Crippen LogP contribution in [0.15, 0.2) is 35.7 Å². The Balaban J connectivity index is 1.65. The number of morpholine rings is 1. The summed E-state index contributed by atoms with van der Waals surface area (Å²) in [7, 11) is 1.63. The van der Waals surface area contributed by atoms with Crippen LogP contribution < -0.4 is 14.8 Å². The first-order chi connectivity index (χ1) is 13.2. The summed E-state index contributed by atoms with van der Waals surface area (Å²) in [6, 6.07) is 9.60. The molecule has 1 aromatic heterocycles. The van der Waals surface area contributed by atoms with Crippen molar-refractivity contribution in [3.8, 4) is 11.5 Å². The Morgan fingerprint density at radius 1 is 1.37 bits per heavy atom. The van der Waals surface area contributed by atoms with Crippen molar-refractivity contribution < 1.29 is 19.0 Å². The zero-order valence-electron chi connectivity index (χ0n) is 15.8. The minimum absolute atomic E-state index is 0.0641. The standard InChI is InChI=1S/C20H26N2O4S/c1-3-22(20(23)17-14-25-9-8-21-17)12-15-6-7-18(19(11-15)24-2)26-13-16-5-4-10-27-16/h4-7,10-11,17,21H,3,8-9,12-14H2,1-2H3. The first-order valence-electron chi connectivity index (χ1n) is 9.13. The van der Waals surface area contributed by atoms with Crippen molar-refractivity contribution in [2.45, 2.75) is 26.1 Å². The maximum atomic E-state index is 12.7. The van der Waals surface area contributed by atoms with Gasteiger partial charge in [-0.3, -0.25) is 4.79 Å². The Kier molecular flexibility index (Phi) is 7.09. The van der Waals surface area contributed by atoms with Gasteiger partial charge in [0, 0.05) is 24.5 Å². The third-order valence-corrected chi connectivity index (χ3v) is 5.31. The molecule has 27 heavy (non-hydrogen) atoms. The Bertz CT molecular complexity index is 730. The number of hydrogen-bond donors (Lipinski definition) is 1. The molecule has 2 aromatic rings. The molecular weight excluding hydrogens is 364 g/mol. The molecule has 1 aromatic carbocycles. The molecule has 6 nitrogen and oxygen atoms in total. The first-order valence-corrected chi connectivity index (χ1v) is 10.0. The van der Waals surface area contributed by atoms with E-state index in [9.17, 15) is 4.79 Å². The van der Waals surface area contributed by atoms with E-state index < -0.39 is 0 Å². The second kappa shape index (κ2) is 9.73. The topological polar surface area (TPSA) is 60.0 Å². The molecule has 1 aliphatic rings. The molecule has 0 spiro atoms. The number of carbonyl (C=O) groups excluding carboxylic acids is 1. The van der Waals surface area contributed by atoms with Crippen LogP contribution >= 0.6 is 11.3 Å². The number of likely N-dealkylation sites (N-methyl/N-ethyl adjacent to an activating group) is 1. The van der Waals surface area contributed by atoms with Gasteiger partial charge in [0.05, 0.1) is 20.3 Å². The monoisotopic (exact) mass is 390 g/mol. The van der Waals surface area contributed by atoms with Crippen LogP contribution in [0.2, 0.25) is 0 Å². The molecule has 146 valence electrons. The summed E-state index contributed by atoms with van der Waals surface area (Å²) in [5.41, 5.74) is 1.00. The quantitative estimate of drug-likeness (QED) is 0.751. The van der Waals surface area contributed by atoms with Gasteiger partial charge in [-0.1, -0.05) is 12.1 Å². The van der Waals surface area contributed by atoms with E-state index in [1.807, 2.05) is 47.5 Å². The summed E-state index contributed by atoms with van der Waals surface area (Å²) in [4.78, 5) is 15.7. The van der Waals surface area contributed by atoms with Crippen LogP contribution in [-0.2, 0) is 22.7 Å². The molecule has 2 heterocycles. The van der Waals surface area contributed by atoms with Crippen molar-refractivity contribution in [3.05, 3.63) is 46.2 Å². The van der Waals surface area contributed by atoms with Gasteiger partial charge >= 0.3 is 0 Å². The Hall–Kier alpha value is -2.09. The molecule has 1 amide bonds. The summed E-state index contributed by atoms with van der Waals surface area (Å²) in [5.74, 6) is 1.44. The van der Waals surface area contributed by atoms with Gasteiger partial charge in [0.25, 0.3) is 0 Å². The Labute approximate surface area is 164 Å². The van der Waals surface area contributed by atoms with Gasteiger partial charge in [0.15, 0.2) is 11.5 Å². The van der Waals surface area contributed by atoms with Crippen LogP contribution in [0.25, 0.3) is 0 Å². The number of methoxy groups -OCH3 is 1. The summed E-state index contributed by atoms with van der Waals surface area (Å²) in [5, 5.41) is 5.25. The zero-order valence-corrected chi connectivity index (χ0v) is 16.6. The summed E-state index contributed by atoms with van der Waals surface area (Å²) >= 11 is 1.66. The lowest BCUT2D eigenvalue weighted by atomic mass is 10.1. The van der Waals surface area contributed by atoms with Crippen molar-refractivity contribution in [1.82, 2.24) is 10.2 Å². The predicted molar refractivity (Wildman–Crippen MR) is 105 cm³/mol. The maximum Gasteiger partial charge on any atom is 0.242 e. The minimum Gasteiger partial charge on any atom is -0.493 e. The van der Waals surface area contributed by atoms with Crippen molar-refractivity contribution in [2.75, 3.05) is 33.4 Å². The van der Waals surface area contributed by atoms with Gasteiger partial charge in [0.2, 0.25) is 5.91 Å².